The number of para-hydroxylation sites is 1. The summed E-state index contributed by atoms with van der Waals surface area (Å²) in [6, 6.07) is 7.83. The van der Waals surface area contributed by atoms with Gasteiger partial charge in [-0.25, -0.2) is 0 Å². The molecule has 1 N–H and O–H groups in total. The van der Waals surface area contributed by atoms with E-state index in [1.54, 1.807) is 14.0 Å². The van der Waals surface area contributed by atoms with Crippen LogP contribution in [0.25, 0.3) is 6.08 Å². The molecule has 1 saturated heterocycles. The van der Waals surface area contributed by atoms with Crippen molar-refractivity contribution >= 4 is 6.08 Å². The molecular weight excluding hydrogens is 294 g/mol. The maximum atomic E-state index is 9.96. The maximum absolute atomic E-state index is 9.96. The third-order valence-electron chi connectivity index (χ3n) is 3.99. The van der Waals surface area contributed by atoms with E-state index in [1.165, 1.54) is 0 Å². The van der Waals surface area contributed by atoms with Crippen LogP contribution in [0.15, 0.2) is 34.9 Å². The summed E-state index contributed by atoms with van der Waals surface area (Å²) in [5, 5.41) is 13.8. The first kappa shape index (κ1) is 15.7. The van der Waals surface area contributed by atoms with Gasteiger partial charge in [-0.2, -0.15) is 4.98 Å². The summed E-state index contributed by atoms with van der Waals surface area (Å²) in [4.78, 5) is 6.44. The molecule has 1 fully saturated rings. The molecule has 2 atom stereocenters. The van der Waals surface area contributed by atoms with Gasteiger partial charge in [-0.15, -0.1) is 0 Å². The lowest BCUT2D eigenvalue weighted by molar-refractivity contribution is 0.178. The lowest BCUT2D eigenvalue weighted by Gasteiger charge is -2.19. The number of nitrogens with zero attached hydrogens (tertiary/aromatic N) is 3. The van der Waals surface area contributed by atoms with E-state index in [9.17, 15) is 5.11 Å². The Hall–Kier alpha value is -2.18. The summed E-state index contributed by atoms with van der Waals surface area (Å²) in [5.74, 6) is 2.03. The van der Waals surface area contributed by atoms with E-state index in [0.717, 1.165) is 11.3 Å². The van der Waals surface area contributed by atoms with E-state index in [0.29, 0.717) is 31.2 Å². The quantitative estimate of drug-likeness (QED) is 0.912. The number of hydrogen-bond donors (Lipinski definition) is 1. The Labute approximate surface area is 135 Å². The van der Waals surface area contributed by atoms with Crippen LogP contribution in [0.3, 0.4) is 0 Å². The first-order valence-corrected chi connectivity index (χ1v) is 7.69. The number of methoxy groups -OCH3 is 1. The molecule has 0 aliphatic carbocycles. The van der Waals surface area contributed by atoms with Crippen molar-refractivity contribution in [3.05, 3.63) is 47.6 Å². The molecule has 1 aromatic heterocycles. The van der Waals surface area contributed by atoms with E-state index < -0.39 is 0 Å². The lowest BCUT2D eigenvalue weighted by Crippen LogP contribution is -2.25. The SMILES string of the molecule is COc1ccccc1/C=C/CN1C[C@H](O)C[C@@H]1c1nc(C)no1. The second-order valence-electron chi connectivity index (χ2n) is 5.68. The van der Waals surface area contributed by atoms with Gasteiger partial charge < -0.3 is 14.4 Å². The van der Waals surface area contributed by atoms with Crippen molar-refractivity contribution in [1.82, 2.24) is 15.0 Å². The van der Waals surface area contributed by atoms with Crippen LogP contribution >= 0.6 is 0 Å². The Morgan fingerprint density at radius 2 is 2.26 bits per heavy atom. The Bertz CT molecular complexity index is 683. The zero-order valence-electron chi connectivity index (χ0n) is 13.3. The molecule has 3 rings (SSSR count). The fourth-order valence-corrected chi connectivity index (χ4v) is 2.91. The summed E-state index contributed by atoms with van der Waals surface area (Å²) in [5.41, 5.74) is 1.03. The smallest absolute Gasteiger partial charge is 0.244 e. The average molecular weight is 315 g/mol. The summed E-state index contributed by atoms with van der Waals surface area (Å²) in [6.07, 6.45) is 4.34. The van der Waals surface area contributed by atoms with Crippen molar-refractivity contribution in [1.29, 1.82) is 0 Å². The summed E-state index contributed by atoms with van der Waals surface area (Å²) < 4.78 is 10.6. The normalized spacial score (nSPS) is 22.0. The van der Waals surface area contributed by atoms with Crippen LogP contribution in [0.1, 0.15) is 29.7 Å². The lowest BCUT2D eigenvalue weighted by atomic mass is 10.2. The number of rotatable bonds is 5. The standard InChI is InChI=1S/C17H21N3O3/c1-12-18-17(23-19-12)15-10-14(21)11-20(15)9-5-7-13-6-3-4-8-16(13)22-2/h3-8,14-15,21H,9-11H2,1-2H3/b7-5+/t14-,15-/m1/s1. The van der Waals surface area contributed by atoms with Gasteiger partial charge in [-0.05, 0) is 19.4 Å². The molecular formula is C17H21N3O3. The maximum Gasteiger partial charge on any atom is 0.244 e. The van der Waals surface area contributed by atoms with Crippen molar-refractivity contribution in [3.63, 3.8) is 0 Å². The van der Waals surface area contributed by atoms with Gasteiger partial charge in [-0.1, -0.05) is 35.5 Å². The highest BCUT2D eigenvalue weighted by Crippen LogP contribution is 2.31. The zero-order chi connectivity index (χ0) is 16.2. The molecule has 2 heterocycles. The van der Waals surface area contributed by atoms with Crippen molar-refractivity contribution in [2.75, 3.05) is 20.2 Å². The second-order valence-corrected chi connectivity index (χ2v) is 5.68. The van der Waals surface area contributed by atoms with Crippen LogP contribution in [-0.2, 0) is 0 Å². The molecule has 6 nitrogen and oxygen atoms in total. The summed E-state index contributed by atoms with van der Waals surface area (Å²) in [6.45, 7) is 3.09. The first-order valence-electron chi connectivity index (χ1n) is 7.69. The minimum Gasteiger partial charge on any atom is -0.496 e. The number of hydrogen-bond acceptors (Lipinski definition) is 6. The summed E-state index contributed by atoms with van der Waals surface area (Å²) >= 11 is 0. The molecule has 1 aromatic carbocycles. The highest BCUT2D eigenvalue weighted by Gasteiger charge is 2.34. The van der Waals surface area contributed by atoms with E-state index in [1.807, 2.05) is 30.3 Å². The van der Waals surface area contributed by atoms with Gasteiger partial charge in [0, 0.05) is 18.7 Å². The largest absolute Gasteiger partial charge is 0.496 e. The van der Waals surface area contributed by atoms with Gasteiger partial charge >= 0.3 is 0 Å². The highest BCUT2D eigenvalue weighted by molar-refractivity contribution is 5.57. The number of aromatic nitrogens is 2. The van der Waals surface area contributed by atoms with Crippen LogP contribution in [0.2, 0.25) is 0 Å². The van der Waals surface area contributed by atoms with E-state index in [-0.39, 0.29) is 12.1 Å². The first-order chi connectivity index (χ1) is 11.2. The highest BCUT2D eigenvalue weighted by atomic mass is 16.5. The van der Waals surface area contributed by atoms with Crippen LogP contribution in [0, 0.1) is 6.92 Å². The predicted octanol–water partition coefficient (Wildman–Crippen LogP) is 2.21. The molecule has 0 amide bonds. The number of likely N-dealkylation sites (tertiary alicyclic amines) is 1. The van der Waals surface area contributed by atoms with E-state index in [2.05, 4.69) is 21.1 Å². The summed E-state index contributed by atoms with van der Waals surface area (Å²) in [7, 11) is 1.66. The van der Waals surface area contributed by atoms with Gasteiger partial charge in [0.15, 0.2) is 5.82 Å². The molecule has 1 aliphatic heterocycles. The van der Waals surface area contributed by atoms with Crippen molar-refractivity contribution < 1.29 is 14.4 Å². The molecule has 0 spiro atoms. The van der Waals surface area contributed by atoms with Crippen LogP contribution in [0.4, 0.5) is 0 Å². The molecule has 0 bridgehead atoms. The van der Waals surface area contributed by atoms with Crippen LogP contribution in [-0.4, -0.2) is 46.5 Å². The monoisotopic (exact) mass is 315 g/mol. The number of benzene rings is 1. The van der Waals surface area contributed by atoms with Gasteiger partial charge in [-0.3, -0.25) is 4.90 Å². The molecule has 23 heavy (non-hydrogen) atoms. The molecule has 122 valence electrons. The predicted molar refractivity (Wildman–Crippen MR) is 86.0 cm³/mol. The Kier molecular flexibility index (Phi) is 4.73. The number of β-amino-alcohol motifs (C(OH)–C–C–N with tert-alkyl or cyclic N) is 1. The molecule has 1 aliphatic rings. The Morgan fingerprint density at radius 3 is 3.00 bits per heavy atom. The van der Waals surface area contributed by atoms with Gasteiger partial charge in [0.05, 0.1) is 19.3 Å². The third kappa shape index (κ3) is 3.60. The van der Waals surface area contributed by atoms with Crippen LogP contribution in [0.5, 0.6) is 5.75 Å². The van der Waals surface area contributed by atoms with Crippen molar-refractivity contribution in [2.24, 2.45) is 0 Å². The fourth-order valence-electron chi connectivity index (χ4n) is 2.91. The average Bonchev–Trinajstić information content (AvgIpc) is 3.13. The van der Waals surface area contributed by atoms with Gasteiger partial charge in [0.25, 0.3) is 0 Å². The van der Waals surface area contributed by atoms with Gasteiger partial charge in [0.1, 0.15) is 5.75 Å². The molecule has 0 unspecified atom stereocenters. The number of aliphatic hydroxyl groups is 1. The van der Waals surface area contributed by atoms with E-state index >= 15 is 0 Å². The van der Waals surface area contributed by atoms with Crippen molar-refractivity contribution in [2.45, 2.75) is 25.5 Å². The molecule has 6 heteroatoms. The zero-order valence-corrected chi connectivity index (χ0v) is 13.3. The Morgan fingerprint density at radius 1 is 1.43 bits per heavy atom. The minimum atomic E-state index is -0.369. The minimum absolute atomic E-state index is 0.0338. The van der Waals surface area contributed by atoms with E-state index in [4.69, 9.17) is 9.26 Å². The van der Waals surface area contributed by atoms with Crippen molar-refractivity contribution in [3.8, 4) is 5.75 Å². The van der Waals surface area contributed by atoms with Crippen LogP contribution < -0.4 is 4.74 Å². The number of aryl methyl sites for hydroxylation is 1. The molecule has 2 aromatic rings. The number of ether oxygens (including phenoxy) is 1. The van der Waals surface area contributed by atoms with Gasteiger partial charge in [0.2, 0.25) is 5.89 Å². The second kappa shape index (κ2) is 6.93. The number of aliphatic hydroxyl groups excluding tert-OH is 1. The molecule has 0 radical (unpaired) electrons. The Balaban J connectivity index is 1.69. The fraction of sp³-hybridized carbons (Fsp3) is 0.412. The topological polar surface area (TPSA) is 71.6 Å². The molecule has 0 saturated carbocycles. The third-order valence-corrected chi connectivity index (χ3v) is 3.99.